The summed E-state index contributed by atoms with van der Waals surface area (Å²) in [5.74, 6) is -4.27. The van der Waals surface area contributed by atoms with Crippen molar-refractivity contribution in [3.63, 3.8) is 0 Å². The average Bonchev–Trinajstić information content (AvgIpc) is 2.82. The van der Waals surface area contributed by atoms with Crippen molar-refractivity contribution in [1.82, 2.24) is 15.2 Å². The Labute approximate surface area is 155 Å². The van der Waals surface area contributed by atoms with Gasteiger partial charge in [0.1, 0.15) is 6.04 Å². The van der Waals surface area contributed by atoms with Crippen molar-refractivity contribution >= 4 is 17.9 Å². The van der Waals surface area contributed by atoms with E-state index in [2.05, 4.69) is 10.3 Å². The smallest absolute Gasteiger partial charge is 0.268 e. The van der Waals surface area contributed by atoms with E-state index in [-0.39, 0.29) is 0 Å². The molecule has 0 unspecified atom stereocenters. The minimum absolute atomic E-state index is 0.385. The Kier molecular flexibility index (Phi) is 5.04. The maximum absolute atomic E-state index is 13.5. The molecule has 1 aliphatic carbocycles. The number of fused-ring (bicyclic) bond motifs is 1. The Morgan fingerprint density at radius 1 is 1.48 bits per heavy atom. The highest BCUT2D eigenvalue weighted by molar-refractivity contribution is 5.98. The van der Waals surface area contributed by atoms with E-state index in [0.29, 0.717) is 17.7 Å². The number of nitriles is 1. The minimum Gasteiger partial charge on any atom is -0.343 e. The van der Waals surface area contributed by atoms with Crippen LogP contribution in [0.2, 0.25) is 0 Å². The predicted molar refractivity (Wildman–Crippen MR) is 93.7 cm³/mol. The van der Waals surface area contributed by atoms with E-state index >= 15 is 0 Å². The summed E-state index contributed by atoms with van der Waals surface area (Å²) in [6.45, 7) is 0.682. The average molecular weight is 372 g/mol. The third-order valence-corrected chi connectivity index (χ3v) is 4.56. The quantitative estimate of drug-likeness (QED) is 0.880. The van der Waals surface area contributed by atoms with Crippen molar-refractivity contribution in [2.45, 2.75) is 31.7 Å². The van der Waals surface area contributed by atoms with Gasteiger partial charge in [0.05, 0.1) is 24.9 Å². The SMILES string of the molecule is CC1=CC=Cc2nccc(C(=O)NCC(=O)N3CC(F)(F)C[C@H]3C#N)c2C1. The molecule has 0 saturated carbocycles. The summed E-state index contributed by atoms with van der Waals surface area (Å²) >= 11 is 0. The van der Waals surface area contributed by atoms with E-state index in [1.54, 1.807) is 18.2 Å². The number of carbonyl (C=O) groups excluding carboxylic acids is 2. The highest BCUT2D eigenvalue weighted by Crippen LogP contribution is 2.31. The van der Waals surface area contributed by atoms with Crippen LogP contribution in [-0.2, 0) is 11.2 Å². The lowest BCUT2D eigenvalue weighted by molar-refractivity contribution is -0.131. The molecule has 0 bridgehead atoms. The molecule has 2 aliphatic rings. The second-order valence-electron chi connectivity index (χ2n) is 6.68. The number of halogens is 2. The molecular weight excluding hydrogens is 354 g/mol. The van der Waals surface area contributed by atoms with Crippen LogP contribution in [-0.4, -0.2) is 46.8 Å². The Bertz CT molecular complexity index is 886. The van der Waals surface area contributed by atoms with Crippen LogP contribution < -0.4 is 5.32 Å². The maximum Gasteiger partial charge on any atom is 0.268 e. The van der Waals surface area contributed by atoms with Gasteiger partial charge in [-0.25, -0.2) is 8.78 Å². The fraction of sp³-hybridized carbons (Fsp3) is 0.368. The number of alkyl halides is 2. The van der Waals surface area contributed by atoms with Gasteiger partial charge in [0.15, 0.2) is 0 Å². The third-order valence-electron chi connectivity index (χ3n) is 4.56. The molecule has 0 aromatic carbocycles. The van der Waals surface area contributed by atoms with Crippen molar-refractivity contribution in [2.75, 3.05) is 13.1 Å². The first-order chi connectivity index (χ1) is 12.8. The van der Waals surface area contributed by atoms with Gasteiger partial charge in [-0.1, -0.05) is 17.7 Å². The molecule has 1 aliphatic heterocycles. The molecule has 1 atom stereocenters. The highest BCUT2D eigenvalue weighted by atomic mass is 19.3. The first-order valence-corrected chi connectivity index (χ1v) is 8.47. The van der Waals surface area contributed by atoms with Gasteiger partial charge < -0.3 is 10.2 Å². The number of aromatic nitrogens is 1. The standard InChI is InChI=1S/C19H18F2N4O2/c1-12-3-2-4-16-15(7-12)14(5-6-23-16)18(27)24-10-17(26)25-11-19(20,21)8-13(25)9-22/h2-6,13H,7-8,10-11H2,1H3,(H,24,27)/t13-/m0/s1. The summed E-state index contributed by atoms with van der Waals surface area (Å²) in [5, 5.41) is 11.5. The number of nitrogens with one attached hydrogen (secondary N) is 1. The molecule has 0 radical (unpaired) electrons. The molecule has 1 fully saturated rings. The van der Waals surface area contributed by atoms with E-state index in [1.807, 2.05) is 19.1 Å². The van der Waals surface area contributed by atoms with E-state index in [9.17, 15) is 18.4 Å². The van der Waals surface area contributed by atoms with Gasteiger partial charge in [0.25, 0.3) is 11.8 Å². The van der Waals surface area contributed by atoms with Crippen LogP contribution in [0.15, 0.2) is 30.0 Å². The molecule has 1 saturated heterocycles. The Balaban J connectivity index is 1.71. The lowest BCUT2D eigenvalue weighted by Crippen LogP contribution is -2.43. The van der Waals surface area contributed by atoms with E-state index < -0.39 is 43.3 Å². The Morgan fingerprint density at radius 2 is 2.26 bits per heavy atom. The zero-order chi connectivity index (χ0) is 19.6. The lowest BCUT2D eigenvalue weighted by Gasteiger charge is -2.19. The Morgan fingerprint density at radius 3 is 3.00 bits per heavy atom. The van der Waals surface area contributed by atoms with Crippen LogP contribution >= 0.6 is 0 Å². The number of pyridine rings is 1. The molecule has 3 rings (SSSR count). The third kappa shape index (κ3) is 4.03. The Hall–Kier alpha value is -3.08. The second-order valence-corrected chi connectivity index (χ2v) is 6.68. The van der Waals surface area contributed by atoms with Crippen molar-refractivity contribution in [1.29, 1.82) is 5.26 Å². The number of nitrogens with zero attached hydrogens (tertiary/aromatic N) is 3. The molecule has 1 aromatic rings. The summed E-state index contributed by atoms with van der Waals surface area (Å²) in [5.41, 5.74) is 2.85. The zero-order valence-electron chi connectivity index (χ0n) is 14.7. The van der Waals surface area contributed by atoms with Gasteiger partial charge in [0, 0.05) is 18.2 Å². The summed E-state index contributed by atoms with van der Waals surface area (Å²) in [7, 11) is 0. The molecule has 2 amide bonds. The van der Waals surface area contributed by atoms with Crippen LogP contribution in [0.5, 0.6) is 0 Å². The van der Waals surface area contributed by atoms with Gasteiger partial charge in [0.2, 0.25) is 5.91 Å². The number of allylic oxidation sites excluding steroid dienone is 3. The number of carbonyl (C=O) groups is 2. The summed E-state index contributed by atoms with van der Waals surface area (Å²) in [6, 6.07) is 2.09. The number of hydrogen-bond acceptors (Lipinski definition) is 4. The van der Waals surface area contributed by atoms with Crippen LogP contribution in [0, 0.1) is 11.3 Å². The maximum atomic E-state index is 13.5. The van der Waals surface area contributed by atoms with Crippen LogP contribution in [0.25, 0.3) is 6.08 Å². The van der Waals surface area contributed by atoms with E-state index in [1.165, 1.54) is 6.20 Å². The van der Waals surface area contributed by atoms with Gasteiger partial charge in [-0.2, -0.15) is 5.26 Å². The fourth-order valence-electron chi connectivity index (χ4n) is 3.24. The number of amides is 2. The largest absolute Gasteiger partial charge is 0.343 e. The monoisotopic (exact) mass is 372 g/mol. The van der Waals surface area contributed by atoms with Crippen molar-refractivity contribution in [2.24, 2.45) is 0 Å². The van der Waals surface area contributed by atoms with Crippen LogP contribution in [0.3, 0.4) is 0 Å². The molecule has 6 nitrogen and oxygen atoms in total. The number of hydrogen-bond donors (Lipinski definition) is 1. The van der Waals surface area contributed by atoms with Gasteiger partial charge in [-0.15, -0.1) is 0 Å². The normalized spacial score (nSPS) is 20.3. The second kappa shape index (κ2) is 7.27. The van der Waals surface area contributed by atoms with Crippen LogP contribution in [0.4, 0.5) is 8.78 Å². The van der Waals surface area contributed by atoms with Crippen LogP contribution in [0.1, 0.15) is 35.0 Å². The first-order valence-electron chi connectivity index (χ1n) is 8.47. The first kappa shape index (κ1) is 18.7. The van der Waals surface area contributed by atoms with E-state index in [0.717, 1.165) is 16.0 Å². The molecular formula is C19H18F2N4O2. The van der Waals surface area contributed by atoms with Crippen molar-refractivity contribution in [3.05, 3.63) is 46.8 Å². The molecule has 0 spiro atoms. The highest BCUT2D eigenvalue weighted by Gasteiger charge is 2.47. The zero-order valence-corrected chi connectivity index (χ0v) is 14.7. The van der Waals surface area contributed by atoms with Gasteiger partial charge in [-0.3, -0.25) is 14.6 Å². The summed E-state index contributed by atoms with van der Waals surface area (Å²) in [6.07, 6.45) is 6.96. The molecule has 1 N–H and O–H groups in total. The molecule has 27 heavy (non-hydrogen) atoms. The van der Waals surface area contributed by atoms with Crippen molar-refractivity contribution < 1.29 is 18.4 Å². The molecule has 1 aromatic heterocycles. The summed E-state index contributed by atoms with van der Waals surface area (Å²) in [4.78, 5) is 29.9. The van der Waals surface area contributed by atoms with E-state index in [4.69, 9.17) is 5.26 Å². The molecule has 140 valence electrons. The van der Waals surface area contributed by atoms with Crippen molar-refractivity contribution in [3.8, 4) is 6.07 Å². The molecule has 2 heterocycles. The molecule has 8 heteroatoms. The topological polar surface area (TPSA) is 86.1 Å². The van der Waals surface area contributed by atoms with Gasteiger partial charge >= 0.3 is 0 Å². The predicted octanol–water partition coefficient (Wildman–Crippen LogP) is 2.09. The minimum atomic E-state index is -3.08. The van der Waals surface area contributed by atoms with Gasteiger partial charge in [-0.05, 0) is 31.1 Å². The number of rotatable bonds is 3. The number of likely N-dealkylation sites (tertiary alicyclic amines) is 1. The lowest BCUT2D eigenvalue weighted by atomic mass is 10.00. The summed E-state index contributed by atoms with van der Waals surface area (Å²) < 4.78 is 26.9. The fourth-order valence-corrected chi connectivity index (χ4v) is 3.24.